The SMILES string of the molecule is Cl.O=C([C@H]1CNCCO1)N1CCOCC1. The van der Waals surface area contributed by atoms with Crippen LogP contribution in [0.5, 0.6) is 0 Å². The molecule has 6 heteroatoms. The lowest BCUT2D eigenvalue weighted by Crippen LogP contribution is -2.52. The molecule has 5 nitrogen and oxygen atoms in total. The van der Waals surface area contributed by atoms with Gasteiger partial charge >= 0.3 is 0 Å². The van der Waals surface area contributed by atoms with E-state index in [4.69, 9.17) is 9.47 Å². The monoisotopic (exact) mass is 236 g/mol. The lowest BCUT2D eigenvalue weighted by Gasteiger charge is -2.32. The predicted octanol–water partition coefficient (Wildman–Crippen LogP) is -0.745. The molecule has 0 saturated carbocycles. The van der Waals surface area contributed by atoms with Crippen molar-refractivity contribution in [2.75, 3.05) is 46.0 Å². The summed E-state index contributed by atoms with van der Waals surface area (Å²) in [7, 11) is 0. The summed E-state index contributed by atoms with van der Waals surface area (Å²) in [5, 5.41) is 3.15. The van der Waals surface area contributed by atoms with Crippen LogP contribution >= 0.6 is 12.4 Å². The summed E-state index contributed by atoms with van der Waals surface area (Å²) in [6, 6.07) is 0. The largest absolute Gasteiger partial charge is 0.378 e. The summed E-state index contributed by atoms with van der Waals surface area (Å²) >= 11 is 0. The van der Waals surface area contributed by atoms with Crippen LogP contribution in [0.1, 0.15) is 0 Å². The summed E-state index contributed by atoms with van der Waals surface area (Å²) in [5.41, 5.74) is 0. The molecule has 15 heavy (non-hydrogen) atoms. The first kappa shape index (κ1) is 12.7. The zero-order valence-electron chi connectivity index (χ0n) is 8.61. The van der Waals surface area contributed by atoms with E-state index >= 15 is 0 Å². The van der Waals surface area contributed by atoms with Crippen molar-refractivity contribution in [3.63, 3.8) is 0 Å². The molecule has 0 aliphatic carbocycles. The molecule has 2 heterocycles. The van der Waals surface area contributed by atoms with Crippen molar-refractivity contribution in [3.05, 3.63) is 0 Å². The number of rotatable bonds is 1. The minimum atomic E-state index is -0.290. The third kappa shape index (κ3) is 3.31. The van der Waals surface area contributed by atoms with Crippen molar-refractivity contribution in [3.8, 4) is 0 Å². The second kappa shape index (κ2) is 6.27. The molecule has 0 radical (unpaired) electrons. The van der Waals surface area contributed by atoms with Crippen LogP contribution in [0.15, 0.2) is 0 Å². The predicted molar refractivity (Wildman–Crippen MR) is 57.3 cm³/mol. The maximum absolute atomic E-state index is 11.9. The summed E-state index contributed by atoms with van der Waals surface area (Å²) in [6.45, 7) is 4.78. The van der Waals surface area contributed by atoms with Crippen LogP contribution in [0.2, 0.25) is 0 Å². The van der Waals surface area contributed by atoms with Gasteiger partial charge in [0.05, 0.1) is 19.8 Å². The highest BCUT2D eigenvalue weighted by atomic mass is 35.5. The molecular weight excluding hydrogens is 220 g/mol. The fourth-order valence-corrected chi connectivity index (χ4v) is 1.71. The number of carbonyl (C=O) groups excluding carboxylic acids is 1. The molecular formula is C9H17ClN2O3. The van der Waals surface area contributed by atoms with E-state index in [0.717, 1.165) is 6.54 Å². The second-order valence-corrected chi connectivity index (χ2v) is 3.50. The Labute approximate surface area is 95.5 Å². The zero-order chi connectivity index (χ0) is 9.80. The lowest BCUT2D eigenvalue weighted by atomic mass is 10.2. The van der Waals surface area contributed by atoms with E-state index in [1.807, 2.05) is 4.90 Å². The third-order valence-electron chi connectivity index (χ3n) is 2.53. The molecule has 2 rings (SSSR count). The lowest BCUT2D eigenvalue weighted by molar-refractivity contribution is -0.149. The number of hydrogen-bond donors (Lipinski definition) is 1. The Morgan fingerprint density at radius 1 is 1.27 bits per heavy atom. The van der Waals surface area contributed by atoms with Crippen molar-refractivity contribution in [1.29, 1.82) is 0 Å². The molecule has 0 bridgehead atoms. The molecule has 2 aliphatic rings. The van der Waals surface area contributed by atoms with Crippen molar-refractivity contribution in [2.45, 2.75) is 6.10 Å². The molecule has 0 aromatic heterocycles. The Morgan fingerprint density at radius 2 is 2.00 bits per heavy atom. The van der Waals surface area contributed by atoms with Crippen molar-refractivity contribution in [1.82, 2.24) is 10.2 Å². The van der Waals surface area contributed by atoms with Crippen LogP contribution in [0.4, 0.5) is 0 Å². The van der Waals surface area contributed by atoms with Gasteiger partial charge in [-0.25, -0.2) is 0 Å². The molecule has 1 atom stereocenters. The second-order valence-electron chi connectivity index (χ2n) is 3.50. The summed E-state index contributed by atoms with van der Waals surface area (Å²) in [5.74, 6) is 0.0977. The molecule has 1 amide bonds. The Kier molecular flexibility index (Phi) is 5.31. The van der Waals surface area contributed by atoms with E-state index < -0.39 is 0 Å². The average molecular weight is 237 g/mol. The first-order valence-corrected chi connectivity index (χ1v) is 5.07. The summed E-state index contributed by atoms with van der Waals surface area (Å²) in [6.07, 6.45) is -0.290. The van der Waals surface area contributed by atoms with Gasteiger partial charge < -0.3 is 19.7 Å². The number of morpholine rings is 2. The van der Waals surface area contributed by atoms with E-state index in [0.29, 0.717) is 39.5 Å². The Morgan fingerprint density at radius 3 is 2.60 bits per heavy atom. The number of hydrogen-bond acceptors (Lipinski definition) is 4. The van der Waals surface area contributed by atoms with Gasteiger partial charge in [0.2, 0.25) is 0 Å². The maximum atomic E-state index is 11.9. The molecule has 1 N–H and O–H groups in total. The molecule has 0 aromatic carbocycles. The van der Waals surface area contributed by atoms with Gasteiger partial charge in [-0.3, -0.25) is 4.79 Å². The highest BCUT2D eigenvalue weighted by Gasteiger charge is 2.27. The van der Waals surface area contributed by atoms with Gasteiger partial charge in [0, 0.05) is 26.2 Å². The molecule has 0 spiro atoms. The molecule has 2 saturated heterocycles. The normalized spacial score (nSPS) is 26.9. The molecule has 0 aromatic rings. The summed E-state index contributed by atoms with van der Waals surface area (Å²) in [4.78, 5) is 13.7. The van der Waals surface area contributed by atoms with Gasteiger partial charge in [-0.05, 0) is 0 Å². The van der Waals surface area contributed by atoms with Crippen LogP contribution in [0.25, 0.3) is 0 Å². The van der Waals surface area contributed by atoms with Crippen molar-refractivity contribution in [2.24, 2.45) is 0 Å². The first-order valence-electron chi connectivity index (χ1n) is 5.07. The minimum Gasteiger partial charge on any atom is -0.378 e. The van der Waals surface area contributed by atoms with Gasteiger partial charge in [0.1, 0.15) is 6.10 Å². The first-order chi connectivity index (χ1) is 6.88. The van der Waals surface area contributed by atoms with Crippen LogP contribution in [0.3, 0.4) is 0 Å². The number of nitrogens with one attached hydrogen (secondary N) is 1. The third-order valence-corrected chi connectivity index (χ3v) is 2.53. The number of ether oxygens (including phenoxy) is 2. The van der Waals surface area contributed by atoms with Crippen LogP contribution in [0, 0.1) is 0 Å². The van der Waals surface area contributed by atoms with E-state index in [1.54, 1.807) is 0 Å². The van der Waals surface area contributed by atoms with Gasteiger partial charge in [-0.15, -0.1) is 12.4 Å². The Balaban J connectivity index is 0.00000112. The molecule has 2 aliphatic heterocycles. The highest BCUT2D eigenvalue weighted by molar-refractivity contribution is 5.85. The van der Waals surface area contributed by atoms with Gasteiger partial charge in [0.15, 0.2) is 0 Å². The van der Waals surface area contributed by atoms with E-state index in [9.17, 15) is 4.79 Å². The van der Waals surface area contributed by atoms with Crippen LogP contribution in [-0.4, -0.2) is 62.9 Å². The minimum absolute atomic E-state index is 0. The van der Waals surface area contributed by atoms with Crippen molar-refractivity contribution >= 4 is 18.3 Å². The van der Waals surface area contributed by atoms with Gasteiger partial charge in [0.25, 0.3) is 5.91 Å². The fourth-order valence-electron chi connectivity index (χ4n) is 1.71. The number of carbonyl (C=O) groups is 1. The maximum Gasteiger partial charge on any atom is 0.253 e. The van der Waals surface area contributed by atoms with Crippen LogP contribution in [-0.2, 0) is 14.3 Å². The number of halogens is 1. The smallest absolute Gasteiger partial charge is 0.253 e. The topological polar surface area (TPSA) is 50.8 Å². The highest BCUT2D eigenvalue weighted by Crippen LogP contribution is 2.05. The molecule has 88 valence electrons. The van der Waals surface area contributed by atoms with E-state index in [1.165, 1.54) is 0 Å². The molecule has 0 unspecified atom stereocenters. The van der Waals surface area contributed by atoms with Crippen molar-refractivity contribution < 1.29 is 14.3 Å². The van der Waals surface area contributed by atoms with E-state index in [2.05, 4.69) is 5.32 Å². The number of amides is 1. The Bertz CT molecular complexity index is 184. The average Bonchev–Trinajstić information content (AvgIpc) is 2.30. The Hall–Kier alpha value is -0.360. The van der Waals surface area contributed by atoms with Gasteiger partial charge in [-0.1, -0.05) is 0 Å². The zero-order valence-corrected chi connectivity index (χ0v) is 9.42. The van der Waals surface area contributed by atoms with E-state index in [-0.39, 0.29) is 24.4 Å². The van der Waals surface area contributed by atoms with Gasteiger partial charge in [-0.2, -0.15) is 0 Å². The summed E-state index contributed by atoms with van der Waals surface area (Å²) < 4.78 is 10.6. The van der Waals surface area contributed by atoms with Crippen LogP contribution < -0.4 is 5.32 Å². The quantitative estimate of drug-likeness (QED) is 0.651. The molecule has 2 fully saturated rings. The number of nitrogens with zero attached hydrogens (tertiary/aromatic N) is 1. The fraction of sp³-hybridized carbons (Fsp3) is 0.889. The standard InChI is InChI=1S/C9H16N2O3.ClH/c12-9(8-7-10-1-4-14-8)11-2-5-13-6-3-11;/h8,10H,1-7H2;1H/t8-;/m1./s1.